The van der Waals surface area contributed by atoms with Gasteiger partial charge in [-0.1, -0.05) is 0 Å². The van der Waals surface area contributed by atoms with Gasteiger partial charge >= 0.3 is 0 Å². The number of nitrogens with zero attached hydrogens (tertiary/aromatic N) is 3. The van der Waals surface area contributed by atoms with Crippen LogP contribution >= 0.6 is 11.8 Å². The third-order valence-corrected chi connectivity index (χ3v) is 7.07. The molecular formula is C21H21N3O2S. The SMILES string of the molecule is Cn1ccc2cc(C(=O)N3CC4(C[C@@H](Oc5cccnc5)CS4)C3)ccc21. The lowest BCUT2D eigenvalue weighted by Crippen LogP contribution is -2.60. The smallest absolute Gasteiger partial charge is 0.253 e. The Hall–Kier alpha value is -2.47. The molecule has 1 atom stereocenters. The van der Waals surface area contributed by atoms with Gasteiger partial charge in [-0.05, 0) is 36.4 Å². The van der Waals surface area contributed by atoms with E-state index >= 15 is 0 Å². The molecule has 0 bridgehead atoms. The summed E-state index contributed by atoms with van der Waals surface area (Å²) < 4.78 is 8.27. The number of aryl methyl sites for hydroxylation is 1. The first-order valence-corrected chi connectivity index (χ1v) is 10.2. The summed E-state index contributed by atoms with van der Waals surface area (Å²) in [6.07, 6.45) is 6.70. The van der Waals surface area contributed by atoms with Gasteiger partial charge in [0.2, 0.25) is 0 Å². The monoisotopic (exact) mass is 379 g/mol. The maximum atomic E-state index is 12.9. The van der Waals surface area contributed by atoms with Crippen molar-refractivity contribution in [2.24, 2.45) is 7.05 Å². The van der Waals surface area contributed by atoms with Crippen LogP contribution in [0.25, 0.3) is 10.9 Å². The molecule has 0 N–H and O–H groups in total. The summed E-state index contributed by atoms with van der Waals surface area (Å²) in [5, 5.41) is 1.11. The van der Waals surface area contributed by atoms with Crippen LogP contribution < -0.4 is 4.74 Å². The van der Waals surface area contributed by atoms with Gasteiger partial charge in [-0.3, -0.25) is 9.78 Å². The highest BCUT2D eigenvalue weighted by Gasteiger charge is 2.51. The van der Waals surface area contributed by atoms with Gasteiger partial charge in [-0.2, -0.15) is 0 Å². The number of hydrogen-bond acceptors (Lipinski definition) is 4. The summed E-state index contributed by atoms with van der Waals surface area (Å²) >= 11 is 1.94. The van der Waals surface area contributed by atoms with E-state index in [9.17, 15) is 4.79 Å². The van der Waals surface area contributed by atoms with E-state index in [0.29, 0.717) is 0 Å². The second-order valence-corrected chi connectivity index (χ2v) is 8.98. The first kappa shape index (κ1) is 16.7. The molecule has 5 nitrogen and oxygen atoms in total. The van der Waals surface area contributed by atoms with Crippen molar-refractivity contribution < 1.29 is 9.53 Å². The minimum atomic E-state index is 0.128. The molecule has 1 aromatic carbocycles. The molecule has 1 amide bonds. The van der Waals surface area contributed by atoms with Crippen molar-refractivity contribution >= 4 is 28.6 Å². The normalized spacial score (nSPS) is 20.8. The lowest BCUT2D eigenvalue weighted by atomic mass is 9.92. The third-order valence-electron chi connectivity index (χ3n) is 5.49. The number of ether oxygens (including phenoxy) is 1. The first-order chi connectivity index (χ1) is 13.1. The fourth-order valence-corrected chi connectivity index (χ4v) is 5.62. The maximum Gasteiger partial charge on any atom is 0.253 e. The van der Waals surface area contributed by atoms with E-state index in [1.165, 1.54) is 0 Å². The zero-order valence-corrected chi connectivity index (χ0v) is 16.0. The maximum absolute atomic E-state index is 12.9. The molecular weight excluding hydrogens is 358 g/mol. The highest BCUT2D eigenvalue weighted by Crippen LogP contribution is 2.46. The first-order valence-electron chi connectivity index (χ1n) is 9.17. The largest absolute Gasteiger partial charge is 0.488 e. The zero-order valence-electron chi connectivity index (χ0n) is 15.2. The summed E-state index contributed by atoms with van der Waals surface area (Å²) in [5.74, 6) is 1.92. The molecule has 2 saturated heterocycles. The Labute approximate surface area is 162 Å². The highest BCUT2D eigenvalue weighted by atomic mass is 32.2. The molecule has 2 aliphatic rings. The van der Waals surface area contributed by atoms with Crippen LogP contribution in [0.1, 0.15) is 16.8 Å². The van der Waals surface area contributed by atoms with Gasteiger partial charge in [-0.15, -0.1) is 11.8 Å². The van der Waals surface area contributed by atoms with Gasteiger partial charge in [0.25, 0.3) is 5.91 Å². The highest BCUT2D eigenvalue weighted by molar-refractivity contribution is 8.01. The lowest BCUT2D eigenvalue weighted by Gasteiger charge is -2.47. The molecule has 1 spiro atoms. The fraction of sp³-hybridized carbons (Fsp3) is 0.333. The summed E-state index contributed by atoms with van der Waals surface area (Å²) in [6.45, 7) is 1.60. The summed E-state index contributed by atoms with van der Waals surface area (Å²) in [6, 6.07) is 11.8. The Bertz CT molecular complexity index is 995. The van der Waals surface area contributed by atoms with Gasteiger partial charge in [0, 0.05) is 61.2 Å². The summed E-state index contributed by atoms with van der Waals surface area (Å²) in [5.41, 5.74) is 1.92. The molecule has 2 aromatic heterocycles. The molecule has 5 rings (SSSR count). The molecule has 138 valence electrons. The number of carbonyl (C=O) groups is 1. The van der Waals surface area contributed by atoms with Crippen LogP contribution in [0.3, 0.4) is 0 Å². The van der Waals surface area contributed by atoms with Gasteiger partial charge < -0.3 is 14.2 Å². The standard InChI is InChI=1S/C21H21N3O2S/c1-23-8-6-15-9-16(4-5-19(15)23)20(25)24-13-21(14-24)10-18(12-27-21)26-17-3-2-7-22-11-17/h2-9,11,18H,10,12-14H2,1H3/t18-/m1/s1. The van der Waals surface area contributed by atoms with E-state index < -0.39 is 0 Å². The van der Waals surface area contributed by atoms with Crippen LogP contribution in [-0.4, -0.2) is 50.1 Å². The Kier molecular flexibility index (Phi) is 3.90. The number of rotatable bonds is 3. The van der Waals surface area contributed by atoms with Crippen molar-refractivity contribution in [2.75, 3.05) is 18.8 Å². The van der Waals surface area contributed by atoms with Crippen LogP contribution in [0.5, 0.6) is 5.75 Å². The van der Waals surface area contributed by atoms with Crippen molar-refractivity contribution in [3.63, 3.8) is 0 Å². The average Bonchev–Trinajstić information content (AvgIpc) is 3.25. The minimum Gasteiger partial charge on any atom is -0.488 e. The molecule has 4 heterocycles. The van der Waals surface area contributed by atoms with Crippen LogP contribution in [-0.2, 0) is 7.05 Å². The third kappa shape index (κ3) is 2.98. The molecule has 2 fully saturated rings. The summed E-state index contributed by atoms with van der Waals surface area (Å²) in [4.78, 5) is 18.9. The van der Waals surface area contributed by atoms with E-state index in [2.05, 4.69) is 15.6 Å². The van der Waals surface area contributed by atoms with Gasteiger partial charge in [-0.25, -0.2) is 0 Å². The van der Waals surface area contributed by atoms with Crippen LogP contribution in [0.2, 0.25) is 0 Å². The average molecular weight is 379 g/mol. The topological polar surface area (TPSA) is 47.4 Å². The van der Waals surface area contributed by atoms with Crippen LogP contribution in [0.4, 0.5) is 0 Å². The van der Waals surface area contributed by atoms with E-state index in [0.717, 1.165) is 47.5 Å². The second-order valence-electron chi connectivity index (χ2n) is 7.49. The minimum absolute atomic E-state index is 0.128. The second kappa shape index (κ2) is 6.30. The van der Waals surface area contributed by atoms with E-state index in [1.807, 2.05) is 60.2 Å². The zero-order chi connectivity index (χ0) is 18.4. The number of amides is 1. The predicted molar refractivity (Wildman–Crippen MR) is 107 cm³/mol. The number of pyridine rings is 1. The molecule has 3 aromatic rings. The molecule has 0 radical (unpaired) electrons. The molecule has 0 aliphatic carbocycles. The number of fused-ring (bicyclic) bond motifs is 1. The lowest BCUT2D eigenvalue weighted by molar-refractivity contribution is 0.0518. The quantitative estimate of drug-likeness (QED) is 0.700. The summed E-state index contributed by atoms with van der Waals surface area (Å²) in [7, 11) is 2.02. The van der Waals surface area contributed by atoms with Crippen LogP contribution in [0, 0.1) is 0 Å². The fourth-order valence-electron chi connectivity index (χ4n) is 4.10. The van der Waals surface area contributed by atoms with Crippen molar-refractivity contribution in [1.29, 1.82) is 0 Å². The van der Waals surface area contributed by atoms with Crippen LogP contribution in [0.15, 0.2) is 55.0 Å². The Morgan fingerprint density at radius 3 is 3.00 bits per heavy atom. The van der Waals surface area contributed by atoms with Crippen molar-refractivity contribution in [2.45, 2.75) is 17.3 Å². The number of likely N-dealkylation sites (tertiary alicyclic amines) is 1. The Balaban J connectivity index is 1.22. The molecule has 0 saturated carbocycles. The van der Waals surface area contributed by atoms with Gasteiger partial charge in [0.05, 0.1) is 10.9 Å². The van der Waals surface area contributed by atoms with Gasteiger partial charge in [0.1, 0.15) is 11.9 Å². The van der Waals surface area contributed by atoms with Crippen molar-refractivity contribution in [3.05, 3.63) is 60.6 Å². The van der Waals surface area contributed by atoms with Gasteiger partial charge in [0.15, 0.2) is 0 Å². The molecule has 0 unspecified atom stereocenters. The Morgan fingerprint density at radius 1 is 1.30 bits per heavy atom. The Morgan fingerprint density at radius 2 is 2.19 bits per heavy atom. The van der Waals surface area contributed by atoms with Crippen molar-refractivity contribution in [3.8, 4) is 5.75 Å². The number of carbonyl (C=O) groups excluding carboxylic acids is 1. The number of thioether (sulfide) groups is 1. The van der Waals surface area contributed by atoms with Crippen molar-refractivity contribution in [1.82, 2.24) is 14.5 Å². The molecule has 2 aliphatic heterocycles. The predicted octanol–water partition coefficient (Wildman–Crippen LogP) is 3.35. The number of hydrogen-bond donors (Lipinski definition) is 0. The number of aromatic nitrogens is 2. The molecule has 6 heteroatoms. The van der Waals surface area contributed by atoms with E-state index in [4.69, 9.17) is 4.74 Å². The van der Waals surface area contributed by atoms with E-state index in [1.54, 1.807) is 12.4 Å². The number of benzene rings is 1. The molecule has 27 heavy (non-hydrogen) atoms. The van der Waals surface area contributed by atoms with E-state index in [-0.39, 0.29) is 16.8 Å².